The van der Waals surface area contributed by atoms with E-state index in [1.165, 1.54) is 16.2 Å². The molecule has 1 amide bonds. The van der Waals surface area contributed by atoms with Crippen LogP contribution >= 0.6 is 11.3 Å². The molecule has 1 aliphatic heterocycles. The van der Waals surface area contributed by atoms with Crippen LogP contribution in [0.25, 0.3) is 0 Å². The molecule has 1 aromatic heterocycles. The average Bonchev–Trinajstić information content (AvgIpc) is 2.91. The first-order valence-corrected chi connectivity index (χ1v) is 9.37. The van der Waals surface area contributed by atoms with Crippen molar-refractivity contribution in [3.8, 4) is 11.8 Å². The van der Waals surface area contributed by atoms with Gasteiger partial charge in [-0.25, -0.2) is 0 Å². The number of nitrogens with two attached hydrogens (primary N) is 1. The highest BCUT2D eigenvalue weighted by Crippen LogP contribution is 2.41. The highest BCUT2D eigenvalue weighted by molar-refractivity contribution is 7.16. The summed E-state index contributed by atoms with van der Waals surface area (Å²) in [5, 5.41) is 15.7. The largest absolute Gasteiger partial charge is 0.497 e. The number of carbonyl (C=O) groups is 1. The van der Waals surface area contributed by atoms with Crippen molar-refractivity contribution in [3.05, 3.63) is 45.8 Å². The number of nitriles is 1. The van der Waals surface area contributed by atoms with Gasteiger partial charge in [0, 0.05) is 12.0 Å². The van der Waals surface area contributed by atoms with Gasteiger partial charge < -0.3 is 15.4 Å². The molecule has 0 aliphatic carbocycles. The van der Waals surface area contributed by atoms with E-state index in [-0.39, 0.29) is 17.0 Å². The zero-order chi connectivity index (χ0) is 19.1. The second-order valence-electron chi connectivity index (χ2n) is 7.94. The highest BCUT2D eigenvalue weighted by Gasteiger charge is 2.44. The van der Waals surface area contributed by atoms with Gasteiger partial charge in [0.1, 0.15) is 22.4 Å². The normalized spacial score (nSPS) is 17.1. The van der Waals surface area contributed by atoms with Crippen LogP contribution in [0.3, 0.4) is 0 Å². The molecule has 0 saturated heterocycles. The Balaban J connectivity index is 1.95. The van der Waals surface area contributed by atoms with Crippen LogP contribution in [0.15, 0.2) is 24.3 Å². The number of hydrogen-bond donors (Lipinski definition) is 2. The number of ether oxygens (including phenoxy) is 1. The van der Waals surface area contributed by atoms with Gasteiger partial charge in [-0.05, 0) is 57.5 Å². The van der Waals surface area contributed by atoms with E-state index in [4.69, 9.17) is 4.74 Å². The first kappa shape index (κ1) is 18.4. The van der Waals surface area contributed by atoms with Crippen molar-refractivity contribution in [2.45, 2.75) is 45.2 Å². The van der Waals surface area contributed by atoms with Gasteiger partial charge >= 0.3 is 0 Å². The quantitative estimate of drug-likeness (QED) is 0.872. The molecule has 26 heavy (non-hydrogen) atoms. The summed E-state index contributed by atoms with van der Waals surface area (Å²) in [5.74, 6) is 0.481. The molecular weight excluding hydrogens is 346 g/mol. The molecule has 1 aliphatic rings. The number of amides is 1. The lowest BCUT2D eigenvalue weighted by Gasteiger charge is -2.38. The van der Waals surface area contributed by atoms with E-state index in [0.717, 1.165) is 12.0 Å². The number of rotatable bonds is 3. The van der Waals surface area contributed by atoms with Crippen LogP contribution in [-0.2, 0) is 12.0 Å². The summed E-state index contributed by atoms with van der Waals surface area (Å²) < 4.78 is 5.13. The Labute approximate surface area is 158 Å². The third kappa shape index (κ3) is 3.33. The monoisotopic (exact) mass is 370 g/mol. The predicted molar refractivity (Wildman–Crippen MR) is 103 cm³/mol. The number of quaternary nitrogens is 1. The van der Waals surface area contributed by atoms with Crippen LogP contribution in [0.4, 0.5) is 5.00 Å². The number of carbonyl (C=O) groups excluding carboxylic acids is 1. The summed E-state index contributed by atoms with van der Waals surface area (Å²) in [6.07, 6.45) is 0.809. The number of nitrogens with zero attached hydrogens (tertiary/aromatic N) is 1. The molecule has 0 unspecified atom stereocenters. The van der Waals surface area contributed by atoms with E-state index in [2.05, 4.69) is 44.4 Å². The highest BCUT2D eigenvalue weighted by atomic mass is 32.1. The standard InChI is InChI=1S/C20H23N3O2S/c1-19(2)10-14-15(11-21)18(26-16(14)20(3,4)23-19)22-17(24)12-6-8-13(25-5)9-7-12/h6-9,23H,10H2,1-5H3,(H,22,24)/p+1. The van der Waals surface area contributed by atoms with Crippen LogP contribution in [0, 0.1) is 11.3 Å². The molecular formula is C20H24N3O2S+. The lowest BCUT2D eigenvalue weighted by molar-refractivity contribution is -0.789. The van der Waals surface area contributed by atoms with Gasteiger partial charge in [-0.2, -0.15) is 5.26 Å². The van der Waals surface area contributed by atoms with E-state index in [1.54, 1.807) is 31.4 Å². The molecule has 0 bridgehead atoms. The second-order valence-corrected chi connectivity index (χ2v) is 8.96. The van der Waals surface area contributed by atoms with Gasteiger partial charge in [0.2, 0.25) is 0 Å². The molecule has 1 aromatic carbocycles. The van der Waals surface area contributed by atoms with Crippen molar-refractivity contribution < 1.29 is 14.8 Å². The van der Waals surface area contributed by atoms with Crippen molar-refractivity contribution in [1.82, 2.24) is 0 Å². The third-order valence-corrected chi connectivity index (χ3v) is 6.15. The Morgan fingerprint density at radius 1 is 1.27 bits per heavy atom. The summed E-state index contributed by atoms with van der Waals surface area (Å²) >= 11 is 1.51. The minimum atomic E-state index is -0.219. The van der Waals surface area contributed by atoms with Crippen molar-refractivity contribution in [3.63, 3.8) is 0 Å². The first-order chi connectivity index (χ1) is 12.2. The van der Waals surface area contributed by atoms with Gasteiger partial charge in [-0.3, -0.25) is 4.79 Å². The summed E-state index contributed by atoms with van der Waals surface area (Å²) in [7, 11) is 1.59. The van der Waals surface area contributed by atoms with Crippen molar-refractivity contribution in [2.24, 2.45) is 0 Å². The predicted octanol–water partition coefficient (Wildman–Crippen LogP) is 3.01. The minimum absolute atomic E-state index is 0.0143. The van der Waals surface area contributed by atoms with E-state index in [1.807, 2.05) is 0 Å². The van der Waals surface area contributed by atoms with Gasteiger partial charge in [0.25, 0.3) is 5.91 Å². The molecule has 0 saturated carbocycles. The summed E-state index contributed by atoms with van der Waals surface area (Å²) in [6.45, 7) is 8.71. The van der Waals surface area contributed by atoms with Gasteiger partial charge in [-0.15, -0.1) is 11.3 Å². The van der Waals surface area contributed by atoms with E-state index < -0.39 is 0 Å². The van der Waals surface area contributed by atoms with Gasteiger partial charge in [0.05, 0.1) is 23.1 Å². The maximum Gasteiger partial charge on any atom is 0.256 e. The van der Waals surface area contributed by atoms with E-state index in [0.29, 0.717) is 21.9 Å². The fraction of sp³-hybridized carbons (Fsp3) is 0.400. The zero-order valence-corrected chi connectivity index (χ0v) is 16.6. The number of hydrogen-bond acceptors (Lipinski definition) is 4. The summed E-state index contributed by atoms with van der Waals surface area (Å²) in [6, 6.07) is 9.25. The van der Waals surface area contributed by atoms with Crippen LogP contribution in [0.5, 0.6) is 5.75 Å². The topological polar surface area (TPSA) is 78.7 Å². The number of benzene rings is 1. The van der Waals surface area contributed by atoms with Crippen molar-refractivity contribution >= 4 is 22.2 Å². The minimum Gasteiger partial charge on any atom is -0.497 e. The molecule has 0 radical (unpaired) electrons. The number of methoxy groups -OCH3 is 1. The second kappa shape index (κ2) is 6.42. The zero-order valence-electron chi connectivity index (χ0n) is 15.8. The van der Waals surface area contributed by atoms with E-state index >= 15 is 0 Å². The number of anilines is 1. The number of nitrogens with one attached hydrogen (secondary N) is 1. The molecule has 0 spiro atoms. The number of thiophene rings is 1. The molecule has 2 aromatic rings. The maximum atomic E-state index is 12.6. The lowest BCUT2D eigenvalue weighted by atomic mass is 9.81. The van der Waals surface area contributed by atoms with Gasteiger partial charge in [0.15, 0.2) is 0 Å². The molecule has 136 valence electrons. The molecule has 3 rings (SSSR count). The fourth-order valence-electron chi connectivity index (χ4n) is 3.83. The molecule has 3 N–H and O–H groups in total. The van der Waals surface area contributed by atoms with Crippen LogP contribution < -0.4 is 15.4 Å². The van der Waals surface area contributed by atoms with Crippen molar-refractivity contribution in [1.29, 1.82) is 5.26 Å². The fourth-order valence-corrected chi connectivity index (χ4v) is 5.07. The Morgan fingerprint density at radius 2 is 1.92 bits per heavy atom. The Morgan fingerprint density at radius 3 is 2.50 bits per heavy atom. The van der Waals surface area contributed by atoms with E-state index in [9.17, 15) is 10.1 Å². The Kier molecular flexibility index (Phi) is 4.55. The molecule has 5 nitrogen and oxygen atoms in total. The lowest BCUT2D eigenvalue weighted by Crippen LogP contribution is -3.03. The third-order valence-electron chi connectivity index (χ3n) is 4.67. The maximum absolute atomic E-state index is 12.6. The first-order valence-electron chi connectivity index (χ1n) is 8.55. The number of fused-ring (bicyclic) bond motifs is 1. The Bertz CT molecular complexity index is 889. The molecule has 0 atom stereocenters. The average molecular weight is 370 g/mol. The van der Waals surface area contributed by atoms with Crippen molar-refractivity contribution in [2.75, 3.05) is 12.4 Å². The Hall–Kier alpha value is -2.36. The smallest absolute Gasteiger partial charge is 0.256 e. The summed E-state index contributed by atoms with van der Waals surface area (Å²) in [5.41, 5.74) is 2.09. The van der Waals surface area contributed by atoms with Crippen LogP contribution in [-0.4, -0.2) is 18.6 Å². The molecule has 6 heteroatoms. The molecule has 2 heterocycles. The van der Waals surface area contributed by atoms with Gasteiger partial charge in [-0.1, -0.05) is 0 Å². The molecule has 0 fully saturated rings. The van der Waals surface area contributed by atoms with Crippen LogP contribution in [0.2, 0.25) is 0 Å². The summed E-state index contributed by atoms with van der Waals surface area (Å²) in [4.78, 5) is 13.8. The SMILES string of the molecule is COc1ccc(C(=O)Nc2sc3c(c2C#N)CC(C)(C)[NH2+]C3(C)C)cc1. The van der Waals surface area contributed by atoms with Crippen LogP contribution in [0.1, 0.15) is 54.1 Å².